The number of hydrogen-bond donors (Lipinski definition) is 1. The van der Waals surface area contributed by atoms with Crippen molar-refractivity contribution in [3.8, 4) is 5.88 Å². The van der Waals surface area contributed by atoms with Crippen molar-refractivity contribution in [2.45, 2.75) is 6.92 Å². The summed E-state index contributed by atoms with van der Waals surface area (Å²) in [5.41, 5.74) is -0.259. The molecule has 6 nitrogen and oxygen atoms in total. The Morgan fingerprint density at radius 2 is 2.25 bits per heavy atom. The lowest BCUT2D eigenvalue weighted by Crippen LogP contribution is -2.07. The number of aromatic carboxylic acids is 1. The highest BCUT2D eigenvalue weighted by molar-refractivity contribution is 5.89. The third-order valence-electron chi connectivity index (χ3n) is 2.17. The Labute approximate surface area is 89.3 Å². The van der Waals surface area contributed by atoms with Crippen LogP contribution in [0.5, 0.6) is 5.88 Å². The molecular weight excluding hydrogens is 217 g/mol. The summed E-state index contributed by atoms with van der Waals surface area (Å²) in [7, 11) is 1.25. The number of aryl methyl sites for hydroxylation is 1. The fraction of sp³-hybridized carbons (Fsp3) is 0.222. The van der Waals surface area contributed by atoms with Gasteiger partial charge in [-0.25, -0.2) is 13.6 Å². The molecule has 2 aromatic rings. The molecule has 0 aliphatic carbocycles. The van der Waals surface area contributed by atoms with E-state index in [1.165, 1.54) is 11.5 Å². The van der Waals surface area contributed by atoms with Crippen molar-refractivity contribution in [1.82, 2.24) is 14.6 Å². The molecule has 16 heavy (non-hydrogen) atoms. The molecule has 0 amide bonds. The molecular formula is C9H8FN3O3. The summed E-state index contributed by atoms with van der Waals surface area (Å²) in [6, 6.07) is 1.11. The van der Waals surface area contributed by atoms with Crippen LogP contribution < -0.4 is 4.74 Å². The molecule has 2 heterocycles. The fourth-order valence-electron chi connectivity index (χ4n) is 1.47. The van der Waals surface area contributed by atoms with Gasteiger partial charge in [0.1, 0.15) is 11.4 Å². The number of carboxylic acid groups (broad SMARTS) is 1. The van der Waals surface area contributed by atoms with Gasteiger partial charge in [0.2, 0.25) is 5.88 Å². The highest BCUT2D eigenvalue weighted by Crippen LogP contribution is 2.23. The van der Waals surface area contributed by atoms with Crippen LogP contribution in [0.1, 0.15) is 16.2 Å². The van der Waals surface area contributed by atoms with Gasteiger partial charge in [-0.15, -0.1) is 10.2 Å². The lowest BCUT2D eigenvalue weighted by Gasteiger charge is -2.07. The summed E-state index contributed by atoms with van der Waals surface area (Å²) in [4.78, 5) is 10.8. The van der Waals surface area contributed by atoms with Crippen molar-refractivity contribution in [2.75, 3.05) is 7.11 Å². The minimum absolute atomic E-state index is 0.211. The number of pyridine rings is 1. The first-order valence-electron chi connectivity index (χ1n) is 4.37. The van der Waals surface area contributed by atoms with E-state index < -0.39 is 17.3 Å². The number of nitrogens with zero attached hydrogens (tertiary/aromatic N) is 3. The maximum absolute atomic E-state index is 13.7. The summed E-state index contributed by atoms with van der Waals surface area (Å²) < 4.78 is 19.9. The molecule has 1 N–H and O–H groups in total. The van der Waals surface area contributed by atoms with Crippen LogP contribution >= 0.6 is 0 Å². The Bertz CT molecular complexity index is 579. The number of carbonyl (C=O) groups is 1. The van der Waals surface area contributed by atoms with Crippen LogP contribution in [0, 0.1) is 12.7 Å². The second kappa shape index (κ2) is 3.44. The Hall–Kier alpha value is -2.18. The van der Waals surface area contributed by atoms with Crippen molar-refractivity contribution in [1.29, 1.82) is 0 Å². The molecule has 0 aliphatic rings. The molecule has 0 bridgehead atoms. The van der Waals surface area contributed by atoms with Crippen LogP contribution in [0.25, 0.3) is 5.65 Å². The van der Waals surface area contributed by atoms with Gasteiger partial charge in [-0.3, -0.25) is 0 Å². The van der Waals surface area contributed by atoms with E-state index in [1.807, 2.05) is 0 Å². The molecule has 0 saturated carbocycles. The highest BCUT2D eigenvalue weighted by Gasteiger charge is 2.21. The predicted octanol–water partition coefficient (Wildman–Crippen LogP) is 0.884. The molecule has 0 saturated heterocycles. The van der Waals surface area contributed by atoms with Crippen molar-refractivity contribution >= 4 is 11.6 Å². The monoisotopic (exact) mass is 225 g/mol. The second-order valence-corrected chi connectivity index (χ2v) is 3.13. The second-order valence-electron chi connectivity index (χ2n) is 3.13. The number of fused-ring (bicyclic) bond motifs is 1. The maximum atomic E-state index is 13.7. The average Bonchev–Trinajstić information content (AvgIpc) is 2.59. The topological polar surface area (TPSA) is 76.7 Å². The molecule has 7 heteroatoms. The van der Waals surface area contributed by atoms with Gasteiger partial charge in [0, 0.05) is 6.07 Å². The van der Waals surface area contributed by atoms with Gasteiger partial charge in [0.05, 0.1) is 7.11 Å². The number of hydrogen-bond acceptors (Lipinski definition) is 4. The van der Waals surface area contributed by atoms with Crippen LogP contribution in [0.3, 0.4) is 0 Å². The zero-order valence-corrected chi connectivity index (χ0v) is 8.56. The molecule has 0 radical (unpaired) electrons. The molecule has 84 valence electrons. The average molecular weight is 225 g/mol. The van der Waals surface area contributed by atoms with Gasteiger partial charge in [0.25, 0.3) is 0 Å². The van der Waals surface area contributed by atoms with Gasteiger partial charge in [-0.2, -0.15) is 0 Å². The van der Waals surface area contributed by atoms with Crippen LogP contribution in [-0.4, -0.2) is 32.8 Å². The third-order valence-corrected chi connectivity index (χ3v) is 2.17. The van der Waals surface area contributed by atoms with Crippen LogP contribution in [0.15, 0.2) is 6.07 Å². The number of methoxy groups -OCH3 is 1. The van der Waals surface area contributed by atoms with E-state index in [4.69, 9.17) is 9.84 Å². The van der Waals surface area contributed by atoms with E-state index in [2.05, 4.69) is 10.2 Å². The Kier molecular flexibility index (Phi) is 2.22. The fourth-order valence-corrected chi connectivity index (χ4v) is 1.47. The summed E-state index contributed by atoms with van der Waals surface area (Å²) in [6.07, 6.45) is 0. The van der Waals surface area contributed by atoms with Crippen molar-refractivity contribution in [2.24, 2.45) is 0 Å². The standard InChI is InChI=1S/C9H8FN3O3/c1-4-11-12-6-3-5(9(14)15)7(10)8(16-2)13(4)6/h3H,1-2H3,(H,14,15). The summed E-state index contributed by atoms with van der Waals surface area (Å²) in [6.45, 7) is 1.61. The summed E-state index contributed by atoms with van der Waals surface area (Å²) >= 11 is 0. The van der Waals surface area contributed by atoms with E-state index in [9.17, 15) is 9.18 Å². The smallest absolute Gasteiger partial charge is 0.339 e. The van der Waals surface area contributed by atoms with E-state index in [0.717, 1.165) is 6.07 Å². The van der Waals surface area contributed by atoms with Gasteiger partial charge in [0.15, 0.2) is 11.5 Å². The Morgan fingerprint density at radius 1 is 1.56 bits per heavy atom. The minimum Gasteiger partial charge on any atom is -0.480 e. The molecule has 0 atom stereocenters. The third kappa shape index (κ3) is 1.28. The van der Waals surface area contributed by atoms with E-state index >= 15 is 0 Å². The van der Waals surface area contributed by atoms with Crippen LogP contribution in [0.2, 0.25) is 0 Å². The van der Waals surface area contributed by atoms with Crippen LogP contribution in [0.4, 0.5) is 4.39 Å². The van der Waals surface area contributed by atoms with E-state index in [1.54, 1.807) is 6.92 Å². The first-order chi connectivity index (χ1) is 7.56. The van der Waals surface area contributed by atoms with Crippen molar-refractivity contribution in [3.63, 3.8) is 0 Å². The quantitative estimate of drug-likeness (QED) is 0.821. The molecule has 0 spiro atoms. The van der Waals surface area contributed by atoms with Gasteiger partial charge in [-0.1, -0.05) is 0 Å². The maximum Gasteiger partial charge on any atom is 0.339 e. The van der Waals surface area contributed by atoms with Crippen LogP contribution in [-0.2, 0) is 0 Å². The minimum atomic E-state index is -1.38. The molecule has 0 fully saturated rings. The lowest BCUT2D eigenvalue weighted by atomic mass is 10.2. The number of carboxylic acids is 1. The number of rotatable bonds is 2. The van der Waals surface area contributed by atoms with Gasteiger partial charge < -0.3 is 9.84 Å². The molecule has 2 aromatic heterocycles. The SMILES string of the molecule is COc1c(F)c(C(=O)O)cc2nnc(C)n12. The zero-order valence-electron chi connectivity index (χ0n) is 8.56. The first kappa shape index (κ1) is 10.3. The number of ether oxygens (including phenoxy) is 1. The highest BCUT2D eigenvalue weighted by atomic mass is 19.1. The molecule has 2 rings (SSSR count). The summed E-state index contributed by atoms with van der Waals surface area (Å²) in [5.74, 6) is -2.11. The normalized spacial score (nSPS) is 10.7. The largest absolute Gasteiger partial charge is 0.480 e. The molecule has 0 aliphatic heterocycles. The van der Waals surface area contributed by atoms with Gasteiger partial charge >= 0.3 is 5.97 Å². The van der Waals surface area contributed by atoms with Gasteiger partial charge in [-0.05, 0) is 6.92 Å². The Morgan fingerprint density at radius 3 is 2.81 bits per heavy atom. The Balaban J connectivity index is 2.90. The van der Waals surface area contributed by atoms with E-state index in [0.29, 0.717) is 5.82 Å². The number of aromatic nitrogens is 3. The number of halogens is 1. The predicted molar refractivity (Wildman–Crippen MR) is 51.2 cm³/mol. The first-order valence-corrected chi connectivity index (χ1v) is 4.37. The lowest BCUT2D eigenvalue weighted by molar-refractivity contribution is 0.0690. The molecule has 0 aromatic carbocycles. The van der Waals surface area contributed by atoms with E-state index in [-0.39, 0.29) is 11.5 Å². The van der Waals surface area contributed by atoms with Crippen molar-refractivity contribution in [3.05, 3.63) is 23.3 Å². The summed E-state index contributed by atoms with van der Waals surface area (Å²) in [5, 5.41) is 16.2. The van der Waals surface area contributed by atoms with Crippen molar-refractivity contribution < 1.29 is 19.0 Å². The zero-order chi connectivity index (χ0) is 11.9. The molecule has 0 unspecified atom stereocenters.